The van der Waals surface area contributed by atoms with Gasteiger partial charge < -0.3 is 10.6 Å². The number of carbonyl (C=O) groups is 1. The third kappa shape index (κ3) is 4.33. The lowest BCUT2D eigenvalue weighted by atomic mass is 10.2. The number of carbonyl (C=O) groups excluding carboxylic acids is 1. The number of aryl methyl sites for hydroxylation is 2. The summed E-state index contributed by atoms with van der Waals surface area (Å²) in [7, 11) is 0. The van der Waals surface area contributed by atoms with Crippen molar-refractivity contribution in [1.29, 1.82) is 0 Å². The fourth-order valence-electron chi connectivity index (χ4n) is 2.37. The molecule has 25 heavy (non-hydrogen) atoms. The van der Waals surface area contributed by atoms with Crippen LogP contribution in [0, 0.1) is 13.8 Å². The molecule has 0 fully saturated rings. The van der Waals surface area contributed by atoms with Gasteiger partial charge in [-0.1, -0.05) is 23.7 Å². The number of anilines is 3. The molecule has 1 heterocycles. The van der Waals surface area contributed by atoms with Crippen LogP contribution in [0.3, 0.4) is 0 Å². The highest BCUT2D eigenvalue weighted by atomic mass is 35.5. The minimum Gasteiger partial charge on any atom is -0.324 e. The zero-order chi connectivity index (χ0) is 17.8. The monoisotopic (exact) mass is 352 g/mol. The maximum absolute atomic E-state index is 12.3. The first-order chi connectivity index (χ1) is 12.0. The van der Waals surface area contributed by atoms with Crippen LogP contribution in [0.4, 0.5) is 17.3 Å². The predicted molar refractivity (Wildman–Crippen MR) is 101 cm³/mol. The van der Waals surface area contributed by atoms with E-state index < -0.39 is 0 Å². The molecule has 6 heteroatoms. The van der Waals surface area contributed by atoms with E-state index in [1.54, 1.807) is 24.3 Å². The van der Waals surface area contributed by atoms with Gasteiger partial charge >= 0.3 is 0 Å². The molecule has 0 unspecified atom stereocenters. The molecule has 0 aliphatic heterocycles. The Balaban J connectivity index is 1.71. The second kappa shape index (κ2) is 7.32. The maximum Gasteiger partial charge on any atom is 0.255 e. The minimum atomic E-state index is -0.220. The van der Waals surface area contributed by atoms with Crippen molar-refractivity contribution in [1.82, 2.24) is 9.97 Å². The van der Waals surface area contributed by atoms with Crippen LogP contribution in [0.1, 0.15) is 21.7 Å². The molecule has 0 saturated heterocycles. The first-order valence-corrected chi connectivity index (χ1v) is 8.14. The first kappa shape index (κ1) is 16.9. The Kier molecular flexibility index (Phi) is 4.95. The van der Waals surface area contributed by atoms with Crippen LogP contribution >= 0.6 is 11.6 Å². The molecular weight excluding hydrogens is 336 g/mol. The summed E-state index contributed by atoms with van der Waals surface area (Å²) < 4.78 is 0. The topological polar surface area (TPSA) is 66.9 Å². The Morgan fingerprint density at radius 1 is 0.960 bits per heavy atom. The number of halogens is 1. The number of benzene rings is 2. The zero-order valence-corrected chi connectivity index (χ0v) is 14.6. The molecule has 3 aromatic rings. The highest BCUT2D eigenvalue weighted by molar-refractivity contribution is 6.33. The van der Waals surface area contributed by atoms with Gasteiger partial charge in [-0.15, -0.1) is 0 Å². The third-order valence-electron chi connectivity index (χ3n) is 3.51. The summed E-state index contributed by atoms with van der Waals surface area (Å²) in [5.74, 6) is 0.313. The molecule has 0 aliphatic rings. The Morgan fingerprint density at radius 2 is 1.60 bits per heavy atom. The van der Waals surface area contributed by atoms with E-state index in [2.05, 4.69) is 20.6 Å². The Labute approximate surface area is 151 Å². The average molecular weight is 353 g/mol. The number of aromatic nitrogens is 2. The van der Waals surface area contributed by atoms with Crippen molar-refractivity contribution in [2.45, 2.75) is 13.8 Å². The van der Waals surface area contributed by atoms with Gasteiger partial charge in [-0.05, 0) is 56.3 Å². The van der Waals surface area contributed by atoms with Gasteiger partial charge in [-0.3, -0.25) is 4.79 Å². The molecule has 0 bridgehead atoms. The summed E-state index contributed by atoms with van der Waals surface area (Å²) in [4.78, 5) is 21.0. The third-order valence-corrected chi connectivity index (χ3v) is 3.84. The summed E-state index contributed by atoms with van der Waals surface area (Å²) >= 11 is 6.06. The lowest BCUT2D eigenvalue weighted by molar-refractivity contribution is 0.102. The predicted octanol–water partition coefficient (Wildman–Crippen LogP) is 4.74. The summed E-state index contributed by atoms with van der Waals surface area (Å²) in [6.07, 6.45) is 0. The second-order valence-corrected chi connectivity index (χ2v) is 6.02. The molecule has 126 valence electrons. The van der Waals surface area contributed by atoms with E-state index in [0.29, 0.717) is 22.2 Å². The Hall–Kier alpha value is -2.92. The van der Waals surface area contributed by atoms with Gasteiger partial charge in [0.1, 0.15) is 0 Å². The molecule has 1 aromatic heterocycles. The number of nitrogens with zero attached hydrogens (tertiary/aromatic N) is 2. The summed E-state index contributed by atoms with van der Waals surface area (Å²) in [5.41, 5.74) is 3.71. The number of hydrogen-bond donors (Lipinski definition) is 2. The van der Waals surface area contributed by atoms with Crippen molar-refractivity contribution in [3.8, 4) is 0 Å². The van der Waals surface area contributed by atoms with Crippen molar-refractivity contribution in [3.05, 3.63) is 76.6 Å². The summed E-state index contributed by atoms with van der Waals surface area (Å²) in [5, 5.41) is 6.43. The number of nitrogens with one attached hydrogen (secondary N) is 2. The Bertz CT molecular complexity index is 889. The van der Waals surface area contributed by atoms with Crippen LogP contribution in [0.2, 0.25) is 5.02 Å². The van der Waals surface area contributed by atoms with Crippen molar-refractivity contribution in [3.63, 3.8) is 0 Å². The molecule has 0 atom stereocenters. The van der Waals surface area contributed by atoms with Gasteiger partial charge in [0.25, 0.3) is 5.91 Å². The van der Waals surface area contributed by atoms with Crippen LogP contribution in [-0.2, 0) is 0 Å². The lowest BCUT2D eigenvalue weighted by Gasteiger charge is -2.09. The normalized spacial score (nSPS) is 10.4. The van der Waals surface area contributed by atoms with E-state index in [4.69, 9.17) is 11.6 Å². The van der Waals surface area contributed by atoms with Gasteiger partial charge in [-0.2, -0.15) is 0 Å². The molecule has 2 aromatic carbocycles. The molecule has 5 nitrogen and oxygen atoms in total. The number of hydrogen-bond acceptors (Lipinski definition) is 4. The summed E-state index contributed by atoms with van der Waals surface area (Å²) in [6.45, 7) is 3.84. The van der Waals surface area contributed by atoms with Crippen LogP contribution in [-0.4, -0.2) is 15.9 Å². The molecule has 0 saturated carbocycles. The van der Waals surface area contributed by atoms with Crippen LogP contribution in [0.25, 0.3) is 0 Å². The molecule has 0 radical (unpaired) electrons. The average Bonchev–Trinajstić information content (AvgIpc) is 2.56. The fourth-order valence-corrected chi connectivity index (χ4v) is 2.56. The van der Waals surface area contributed by atoms with Crippen molar-refractivity contribution in [2.75, 3.05) is 10.6 Å². The van der Waals surface area contributed by atoms with Crippen molar-refractivity contribution < 1.29 is 4.79 Å². The van der Waals surface area contributed by atoms with Gasteiger partial charge in [0.05, 0.1) is 10.7 Å². The SMILES string of the molecule is Cc1cc(C)nc(Nc2ccc(C(=O)Nc3ccccc3Cl)cc2)n1. The van der Waals surface area contributed by atoms with Crippen LogP contribution in [0.5, 0.6) is 0 Å². The molecule has 2 N–H and O–H groups in total. The highest BCUT2D eigenvalue weighted by Gasteiger charge is 2.08. The quantitative estimate of drug-likeness (QED) is 0.711. The van der Waals surface area contributed by atoms with E-state index in [1.165, 1.54) is 0 Å². The van der Waals surface area contributed by atoms with E-state index in [0.717, 1.165) is 17.1 Å². The first-order valence-electron chi connectivity index (χ1n) is 7.76. The van der Waals surface area contributed by atoms with E-state index in [1.807, 2.05) is 44.2 Å². The molecule has 1 amide bonds. The molecule has 3 rings (SSSR count). The van der Waals surface area contributed by atoms with Crippen LogP contribution in [0.15, 0.2) is 54.6 Å². The van der Waals surface area contributed by atoms with E-state index >= 15 is 0 Å². The largest absolute Gasteiger partial charge is 0.324 e. The van der Waals surface area contributed by atoms with E-state index in [9.17, 15) is 4.79 Å². The maximum atomic E-state index is 12.3. The van der Waals surface area contributed by atoms with Crippen molar-refractivity contribution in [2.24, 2.45) is 0 Å². The van der Waals surface area contributed by atoms with Gasteiger partial charge in [0, 0.05) is 22.6 Å². The lowest BCUT2D eigenvalue weighted by Crippen LogP contribution is -2.12. The van der Waals surface area contributed by atoms with E-state index in [-0.39, 0.29) is 5.91 Å². The minimum absolute atomic E-state index is 0.220. The molecular formula is C19H17ClN4O. The zero-order valence-electron chi connectivity index (χ0n) is 13.9. The highest BCUT2D eigenvalue weighted by Crippen LogP contribution is 2.22. The number of para-hydroxylation sites is 1. The molecule has 0 spiro atoms. The number of rotatable bonds is 4. The number of amides is 1. The smallest absolute Gasteiger partial charge is 0.255 e. The van der Waals surface area contributed by atoms with Gasteiger partial charge in [0.15, 0.2) is 0 Å². The van der Waals surface area contributed by atoms with Crippen molar-refractivity contribution >= 4 is 34.8 Å². The standard InChI is InChI=1S/C19H17ClN4O/c1-12-11-13(2)22-19(21-12)23-15-9-7-14(8-10-15)18(25)24-17-6-4-3-5-16(17)20/h3-11H,1-2H3,(H,24,25)(H,21,22,23). The molecule has 0 aliphatic carbocycles. The summed E-state index contributed by atoms with van der Waals surface area (Å²) in [6, 6.07) is 16.1. The van der Waals surface area contributed by atoms with Gasteiger partial charge in [-0.25, -0.2) is 9.97 Å². The van der Waals surface area contributed by atoms with Gasteiger partial charge in [0.2, 0.25) is 5.95 Å². The van der Waals surface area contributed by atoms with Crippen LogP contribution < -0.4 is 10.6 Å². The Morgan fingerprint density at radius 3 is 2.24 bits per heavy atom. The fraction of sp³-hybridized carbons (Fsp3) is 0.105. The second-order valence-electron chi connectivity index (χ2n) is 5.61.